The van der Waals surface area contributed by atoms with Crippen LogP contribution in [-0.4, -0.2) is 7.28 Å². The lowest BCUT2D eigenvalue weighted by atomic mass is 9.67. The molecule has 3 rings (SSSR count). The Morgan fingerprint density at radius 2 is 0.667 bits per heavy atom. The van der Waals surface area contributed by atoms with Gasteiger partial charge in [0.2, 0.25) is 7.28 Å². The van der Waals surface area contributed by atoms with E-state index < -0.39 is 68.6 Å². The van der Waals surface area contributed by atoms with Gasteiger partial charge in [-0.1, -0.05) is 0 Å². The molecule has 0 fully saturated rings. The molecule has 0 unspecified atom stereocenters. The van der Waals surface area contributed by atoms with Gasteiger partial charge in [-0.15, -0.1) is 0 Å². The second-order valence-corrected chi connectivity index (χ2v) is 4.23. The van der Waals surface area contributed by atoms with E-state index >= 15 is 0 Å². The summed E-state index contributed by atoms with van der Waals surface area (Å²) in [6.45, 7) is 0. The highest BCUT2D eigenvalue weighted by Gasteiger charge is 2.38. The van der Waals surface area contributed by atoms with Gasteiger partial charge in [0.25, 0.3) is 0 Å². The van der Waals surface area contributed by atoms with Crippen molar-refractivity contribution in [2.75, 3.05) is 0 Å². The first kappa shape index (κ1) is 13.9. The average Bonchev–Trinajstić information content (AvgIpc) is 2.87. The number of halogens is 8. The van der Waals surface area contributed by atoms with Gasteiger partial charge in [0.1, 0.15) is 0 Å². The third-order valence-electron chi connectivity index (χ3n) is 3.15. The molecule has 0 aliphatic carbocycles. The first-order valence-corrected chi connectivity index (χ1v) is 5.34. The van der Waals surface area contributed by atoms with E-state index in [1.165, 1.54) is 0 Å². The molecule has 9 heteroatoms. The summed E-state index contributed by atoms with van der Waals surface area (Å²) in [4.78, 5) is 0. The molecule has 1 heterocycles. The van der Waals surface area contributed by atoms with E-state index in [0.717, 1.165) is 0 Å². The van der Waals surface area contributed by atoms with Crippen molar-refractivity contribution in [2.24, 2.45) is 0 Å². The quantitative estimate of drug-likeness (QED) is 0.259. The molecule has 0 atom stereocenters. The van der Waals surface area contributed by atoms with Gasteiger partial charge in [-0.05, 0) is 10.9 Å². The summed E-state index contributed by atoms with van der Waals surface area (Å²) in [5.41, 5.74) is -4.44. The third kappa shape index (κ3) is 1.57. The molecule has 1 radical (unpaired) electrons. The van der Waals surface area contributed by atoms with E-state index in [2.05, 4.69) is 0 Å². The molecule has 0 saturated heterocycles. The summed E-state index contributed by atoms with van der Waals surface area (Å²) in [6.07, 6.45) is 0. The standard InChI is InChI=1S/C12BF8/c14-5-1-2-4(8(17)12(21)10(19)6(2)15)13-3(1)7(16)11(20)9(5)18. The Balaban J connectivity index is 2.49. The molecular formula is C12BF8. The Morgan fingerprint density at radius 1 is 0.381 bits per heavy atom. The predicted octanol–water partition coefficient (Wildman–Crippen LogP) is 2.43. The molecule has 21 heavy (non-hydrogen) atoms. The van der Waals surface area contributed by atoms with Gasteiger partial charge in [-0.2, -0.15) is 0 Å². The van der Waals surface area contributed by atoms with Crippen LogP contribution in [0.4, 0.5) is 35.1 Å². The smallest absolute Gasteiger partial charge is 0.201 e. The normalized spacial score (nSPS) is 12.2. The highest BCUT2D eigenvalue weighted by atomic mass is 19.2. The Bertz CT molecular complexity index is 747. The second kappa shape index (κ2) is 4.22. The summed E-state index contributed by atoms with van der Waals surface area (Å²) in [5.74, 6) is -16.8. The highest BCUT2D eigenvalue weighted by molar-refractivity contribution is 6.73. The fraction of sp³-hybridized carbons (Fsp3) is 0. The summed E-state index contributed by atoms with van der Waals surface area (Å²) in [7, 11) is 0.381. The maximum atomic E-state index is 13.7. The zero-order valence-electron chi connectivity index (χ0n) is 9.60. The molecule has 0 amide bonds. The maximum absolute atomic E-state index is 13.7. The van der Waals surface area contributed by atoms with Crippen molar-refractivity contribution in [3.8, 4) is 11.1 Å². The molecule has 0 bridgehead atoms. The van der Waals surface area contributed by atoms with Gasteiger partial charge >= 0.3 is 0 Å². The molecule has 0 saturated carbocycles. The van der Waals surface area contributed by atoms with E-state index in [4.69, 9.17) is 0 Å². The molecule has 0 N–H and O–H groups in total. The lowest BCUT2D eigenvalue weighted by Gasteiger charge is -2.09. The van der Waals surface area contributed by atoms with Crippen LogP contribution in [0, 0.1) is 46.5 Å². The van der Waals surface area contributed by atoms with Crippen molar-refractivity contribution in [2.45, 2.75) is 0 Å². The van der Waals surface area contributed by atoms with Crippen molar-refractivity contribution < 1.29 is 35.1 Å². The fourth-order valence-electron chi connectivity index (χ4n) is 2.20. The van der Waals surface area contributed by atoms with E-state index in [1.807, 2.05) is 0 Å². The second-order valence-electron chi connectivity index (χ2n) is 4.23. The molecule has 1 aliphatic heterocycles. The van der Waals surface area contributed by atoms with Crippen LogP contribution >= 0.6 is 0 Å². The predicted molar refractivity (Wildman–Crippen MR) is 56.6 cm³/mol. The van der Waals surface area contributed by atoms with Crippen molar-refractivity contribution >= 4 is 18.2 Å². The molecule has 2 aromatic carbocycles. The van der Waals surface area contributed by atoms with Gasteiger partial charge in [0.15, 0.2) is 46.5 Å². The van der Waals surface area contributed by atoms with Crippen LogP contribution in [0.15, 0.2) is 0 Å². The topological polar surface area (TPSA) is 0 Å². The minimum absolute atomic E-state index is 0.381. The summed E-state index contributed by atoms with van der Waals surface area (Å²) >= 11 is 0. The van der Waals surface area contributed by atoms with Crippen molar-refractivity contribution in [3.63, 3.8) is 0 Å². The maximum Gasteiger partial charge on any atom is 0.201 e. The number of hydrogen-bond acceptors (Lipinski definition) is 0. The van der Waals surface area contributed by atoms with Crippen LogP contribution in [0.1, 0.15) is 0 Å². The SMILES string of the molecule is Fc1c(F)c(F)c2c(c1F)[B]c1c(F)c(F)c(F)c(F)c1-2. The van der Waals surface area contributed by atoms with E-state index in [1.54, 1.807) is 0 Å². The fourth-order valence-corrected chi connectivity index (χ4v) is 2.20. The van der Waals surface area contributed by atoms with Crippen LogP contribution in [0.2, 0.25) is 0 Å². The van der Waals surface area contributed by atoms with Gasteiger partial charge in [-0.25, -0.2) is 35.1 Å². The van der Waals surface area contributed by atoms with Gasteiger partial charge in [0, 0.05) is 11.1 Å². The minimum Gasteiger partial charge on any atom is -0.204 e. The first-order chi connectivity index (χ1) is 9.77. The minimum atomic E-state index is -2.27. The molecular weight excluding hydrogens is 307 g/mol. The largest absolute Gasteiger partial charge is 0.204 e. The van der Waals surface area contributed by atoms with E-state index in [-0.39, 0.29) is 0 Å². The van der Waals surface area contributed by atoms with E-state index in [9.17, 15) is 35.1 Å². The Labute approximate surface area is 112 Å². The summed E-state index contributed by atoms with van der Waals surface area (Å²) in [6, 6.07) is 0. The van der Waals surface area contributed by atoms with Crippen molar-refractivity contribution in [1.82, 2.24) is 0 Å². The number of fused-ring (bicyclic) bond motifs is 3. The lowest BCUT2D eigenvalue weighted by Crippen LogP contribution is -2.29. The first-order valence-electron chi connectivity index (χ1n) is 5.34. The monoisotopic (exact) mass is 307 g/mol. The lowest BCUT2D eigenvalue weighted by molar-refractivity contribution is 0.409. The molecule has 107 valence electrons. The number of hydrogen-bond donors (Lipinski definition) is 0. The Hall–Kier alpha value is -2.06. The molecule has 0 nitrogen and oxygen atoms in total. The third-order valence-corrected chi connectivity index (χ3v) is 3.15. The Kier molecular flexibility index (Phi) is 2.79. The Morgan fingerprint density at radius 3 is 1.00 bits per heavy atom. The average molecular weight is 307 g/mol. The zero-order valence-corrected chi connectivity index (χ0v) is 9.60. The van der Waals surface area contributed by atoms with E-state index in [0.29, 0.717) is 7.28 Å². The van der Waals surface area contributed by atoms with Gasteiger partial charge in [-0.3, -0.25) is 0 Å². The molecule has 1 aliphatic rings. The number of rotatable bonds is 0. The molecule has 0 aromatic heterocycles. The molecule has 2 aromatic rings. The summed E-state index contributed by atoms with van der Waals surface area (Å²) < 4.78 is 107. The molecule has 0 spiro atoms. The van der Waals surface area contributed by atoms with Crippen molar-refractivity contribution in [3.05, 3.63) is 46.5 Å². The van der Waals surface area contributed by atoms with Crippen molar-refractivity contribution in [1.29, 1.82) is 0 Å². The van der Waals surface area contributed by atoms with Crippen LogP contribution < -0.4 is 10.9 Å². The van der Waals surface area contributed by atoms with Crippen LogP contribution in [0.5, 0.6) is 0 Å². The zero-order chi connectivity index (χ0) is 15.6. The highest BCUT2D eigenvalue weighted by Crippen LogP contribution is 2.32. The van der Waals surface area contributed by atoms with Crippen LogP contribution in [-0.2, 0) is 0 Å². The van der Waals surface area contributed by atoms with Crippen LogP contribution in [0.3, 0.4) is 0 Å². The number of benzene rings is 2. The summed E-state index contributed by atoms with van der Waals surface area (Å²) in [5, 5.41) is 0. The van der Waals surface area contributed by atoms with Gasteiger partial charge < -0.3 is 0 Å². The van der Waals surface area contributed by atoms with Gasteiger partial charge in [0.05, 0.1) is 0 Å². The van der Waals surface area contributed by atoms with Crippen LogP contribution in [0.25, 0.3) is 11.1 Å².